The van der Waals surface area contributed by atoms with E-state index in [9.17, 15) is 14.9 Å². The van der Waals surface area contributed by atoms with Crippen LogP contribution >= 0.6 is 0 Å². The van der Waals surface area contributed by atoms with Crippen LogP contribution in [0.3, 0.4) is 0 Å². The van der Waals surface area contributed by atoms with Gasteiger partial charge in [-0.1, -0.05) is 6.07 Å². The molecule has 1 aliphatic rings. The summed E-state index contributed by atoms with van der Waals surface area (Å²) < 4.78 is 4.91. The van der Waals surface area contributed by atoms with Crippen molar-refractivity contribution in [2.24, 2.45) is 0 Å². The second-order valence-corrected chi connectivity index (χ2v) is 2.62. The molecule has 1 aromatic carbocycles. The SMILES string of the molecule is O=C1COc2c1cccc2[N+](=O)[O-]. The average Bonchev–Trinajstić information content (AvgIpc) is 2.48. The minimum Gasteiger partial charge on any atom is -0.478 e. The van der Waals surface area contributed by atoms with Gasteiger partial charge in [0.15, 0.2) is 6.61 Å². The van der Waals surface area contributed by atoms with Gasteiger partial charge in [-0.15, -0.1) is 0 Å². The molecule has 66 valence electrons. The van der Waals surface area contributed by atoms with E-state index >= 15 is 0 Å². The highest BCUT2D eigenvalue weighted by atomic mass is 16.6. The predicted molar refractivity (Wildman–Crippen MR) is 42.9 cm³/mol. The van der Waals surface area contributed by atoms with Crippen molar-refractivity contribution in [1.29, 1.82) is 0 Å². The summed E-state index contributed by atoms with van der Waals surface area (Å²) in [6.45, 7) is -0.0970. The highest BCUT2D eigenvalue weighted by Gasteiger charge is 2.28. The zero-order chi connectivity index (χ0) is 9.42. The van der Waals surface area contributed by atoms with E-state index in [1.807, 2.05) is 0 Å². The maximum atomic E-state index is 11.1. The van der Waals surface area contributed by atoms with Gasteiger partial charge in [0.1, 0.15) is 0 Å². The Hall–Kier alpha value is -1.91. The van der Waals surface area contributed by atoms with E-state index < -0.39 is 4.92 Å². The molecule has 2 rings (SSSR count). The number of carbonyl (C=O) groups excluding carboxylic acids is 1. The van der Waals surface area contributed by atoms with Crippen LogP contribution in [0.25, 0.3) is 0 Å². The Morgan fingerprint density at radius 1 is 1.46 bits per heavy atom. The lowest BCUT2D eigenvalue weighted by Crippen LogP contribution is -1.98. The van der Waals surface area contributed by atoms with Crippen LogP contribution in [0.4, 0.5) is 5.69 Å². The standard InChI is InChI=1S/C8H5NO4/c10-7-4-13-8-5(7)2-1-3-6(8)9(11)12/h1-3H,4H2. The normalized spacial score (nSPS) is 13.7. The van der Waals surface area contributed by atoms with E-state index in [0.717, 1.165) is 0 Å². The number of para-hydroxylation sites is 1. The molecule has 0 unspecified atom stereocenters. The molecule has 5 heteroatoms. The molecule has 13 heavy (non-hydrogen) atoms. The summed E-state index contributed by atoms with van der Waals surface area (Å²) in [7, 11) is 0. The minimum atomic E-state index is -0.558. The number of nitro groups is 1. The van der Waals surface area contributed by atoms with Gasteiger partial charge in [-0.2, -0.15) is 0 Å². The van der Waals surface area contributed by atoms with Crippen molar-refractivity contribution in [3.05, 3.63) is 33.9 Å². The third-order valence-corrected chi connectivity index (χ3v) is 1.84. The molecule has 0 amide bonds. The number of nitrogens with zero attached hydrogens (tertiary/aromatic N) is 1. The molecule has 0 radical (unpaired) electrons. The van der Waals surface area contributed by atoms with Gasteiger partial charge in [0.25, 0.3) is 0 Å². The fraction of sp³-hybridized carbons (Fsp3) is 0.125. The topological polar surface area (TPSA) is 69.4 Å². The molecular formula is C8H5NO4. The van der Waals surface area contributed by atoms with Gasteiger partial charge >= 0.3 is 5.69 Å². The maximum Gasteiger partial charge on any atom is 0.311 e. The summed E-state index contributed by atoms with van der Waals surface area (Å²) in [5.41, 5.74) is 0.151. The first-order valence-electron chi connectivity index (χ1n) is 3.63. The first-order valence-corrected chi connectivity index (χ1v) is 3.63. The number of nitro benzene ring substituents is 1. The van der Waals surface area contributed by atoms with Gasteiger partial charge in [0, 0.05) is 6.07 Å². The lowest BCUT2D eigenvalue weighted by Gasteiger charge is -1.97. The van der Waals surface area contributed by atoms with Gasteiger partial charge < -0.3 is 4.74 Å². The first kappa shape index (κ1) is 7.72. The summed E-state index contributed by atoms with van der Waals surface area (Å²) in [6.07, 6.45) is 0. The Labute approximate surface area is 73.1 Å². The molecule has 5 nitrogen and oxygen atoms in total. The number of hydrogen-bond donors (Lipinski definition) is 0. The molecule has 0 N–H and O–H groups in total. The van der Waals surface area contributed by atoms with E-state index in [2.05, 4.69) is 0 Å². The number of Topliss-reactive ketones (excluding diaryl/α,β-unsaturated/α-hetero) is 1. The number of hydrogen-bond acceptors (Lipinski definition) is 4. The summed E-state index contributed by atoms with van der Waals surface area (Å²) in [5, 5.41) is 10.5. The number of fused-ring (bicyclic) bond motifs is 1. The van der Waals surface area contributed by atoms with E-state index in [0.29, 0.717) is 5.56 Å². The predicted octanol–water partition coefficient (Wildman–Crippen LogP) is 1.17. The molecule has 0 bridgehead atoms. The Morgan fingerprint density at radius 2 is 2.23 bits per heavy atom. The van der Waals surface area contributed by atoms with Crippen molar-refractivity contribution in [2.75, 3.05) is 6.61 Å². The molecule has 0 fully saturated rings. The number of benzene rings is 1. The molecule has 1 aliphatic heterocycles. The number of ketones is 1. The molecule has 0 saturated heterocycles. The Bertz CT molecular complexity index is 399. The lowest BCUT2D eigenvalue weighted by molar-refractivity contribution is -0.385. The van der Waals surface area contributed by atoms with Crippen molar-refractivity contribution >= 4 is 11.5 Å². The van der Waals surface area contributed by atoms with Crippen LogP contribution in [0.2, 0.25) is 0 Å². The average molecular weight is 179 g/mol. The highest BCUT2D eigenvalue weighted by molar-refractivity contribution is 6.03. The van der Waals surface area contributed by atoms with Gasteiger partial charge in [-0.3, -0.25) is 14.9 Å². The van der Waals surface area contributed by atoms with Crippen LogP contribution in [-0.4, -0.2) is 17.3 Å². The van der Waals surface area contributed by atoms with Crippen LogP contribution in [0, 0.1) is 10.1 Å². The monoisotopic (exact) mass is 179 g/mol. The summed E-state index contributed by atoms with van der Waals surface area (Å²) in [4.78, 5) is 21.0. The largest absolute Gasteiger partial charge is 0.478 e. The number of carbonyl (C=O) groups is 1. The molecule has 0 aromatic heterocycles. The smallest absolute Gasteiger partial charge is 0.311 e. The van der Waals surface area contributed by atoms with Gasteiger partial charge in [-0.05, 0) is 6.07 Å². The van der Waals surface area contributed by atoms with Gasteiger partial charge in [-0.25, -0.2) is 0 Å². The zero-order valence-electron chi connectivity index (χ0n) is 6.52. The summed E-state index contributed by atoms with van der Waals surface area (Å²) >= 11 is 0. The second-order valence-electron chi connectivity index (χ2n) is 2.62. The van der Waals surface area contributed by atoms with E-state index in [1.165, 1.54) is 18.2 Å². The fourth-order valence-corrected chi connectivity index (χ4v) is 1.26. The number of rotatable bonds is 1. The van der Waals surface area contributed by atoms with Gasteiger partial charge in [0.2, 0.25) is 11.5 Å². The van der Waals surface area contributed by atoms with Crippen LogP contribution < -0.4 is 4.74 Å². The molecule has 1 aromatic rings. The second kappa shape index (κ2) is 2.55. The number of ether oxygens (including phenoxy) is 1. The maximum absolute atomic E-state index is 11.1. The highest BCUT2D eigenvalue weighted by Crippen LogP contribution is 2.34. The van der Waals surface area contributed by atoms with Crippen LogP contribution in [0.1, 0.15) is 10.4 Å². The quantitative estimate of drug-likeness (QED) is 0.479. The lowest BCUT2D eigenvalue weighted by atomic mass is 10.1. The van der Waals surface area contributed by atoms with E-state index in [1.54, 1.807) is 0 Å². The van der Waals surface area contributed by atoms with Crippen molar-refractivity contribution < 1.29 is 14.5 Å². The van der Waals surface area contributed by atoms with Crippen molar-refractivity contribution in [1.82, 2.24) is 0 Å². The summed E-state index contributed by atoms with van der Waals surface area (Å²) in [6, 6.07) is 4.32. The first-order chi connectivity index (χ1) is 6.20. The van der Waals surface area contributed by atoms with E-state index in [-0.39, 0.29) is 23.8 Å². The third-order valence-electron chi connectivity index (χ3n) is 1.84. The summed E-state index contributed by atoms with van der Waals surface area (Å²) in [5.74, 6) is -0.115. The Balaban J connectivity index is 2.63. The Morgan fingerprint density at radius 3 is 2.92 bits per heavy atom. The van der Waals surface area contributed by atoms with Crippen molar-refractivity contribution in [3.8, 4) is 5.75 Å². The molecular weight excluding hydrogens is 174 g/mol. The minimum absolute atomic E-state index is 0.0949. The van der Waals surface area contributed by atoms with E-state index in [4.69, 9.17) is 4.74 Å². The fourth-order valence-electron chi connectivity index (χ4n) is 1.26. The zero-order valence-corrected chi connectivity index (χ0v) is 6.52. The molecule has 0 spiro atoms. The van der Waals surface area contributed by atoms with Crippen LogP contribution in [-0.2, 0) is 0 Å². The molecule has 0 saturated carbocycles. The van der Waals surface area contributed by atoms with Crippen molar-refractivity contribution in [2.45, 2.75) is 0 Å². The third kappa shape index (κ3) is 1.05. The molecule has 1 heterocycles. The van der Waals surface area contributed by atoms with Crippen LogP contribution in [0.15, 0.2) is 18.2 Å². The molecule has 0 atom stereocenters. The molecule has 0 aliphatic carbocycles. The Kier molecular flexibility index (Phi) is 1.51. The van der Waals surface area contributed by atoms with Crippen LogP contribution in [0.5, 0.6) is 5.75 Å². The van der Waals surface area contributed by atoms with Crippen molar-refractivity contribution in [3.63, 3.8) is 0 Å². The van der Waals surface area contributed by atoms with Gasteiger partial charge in [0.05, 0.1) is 10.5 Å².